The molecule has 4 N–H and O–H groups in total. The average Bonchev–Trinajstić information content (AvgIpc) is 2.64. The van der Waals surface area contributed by atoms with Gasteiger partial charge in [-0.2, -0.15) is 0 Å². The van der Waals surface area contributed by atoms with E-state index in [0.717, 1.165) is 50.5 Å². The van der Waals surface area contributed by atoms with Gasteiger partial charge < -0.3 is 25.2 Å². The molecule has 0 heterocycles. The number of rotatable bonds is 11. The summed E-state index contributed by atoms with van der Waals surface area (Å²) >= 11 is 0. The van der Waals surface area contributed by atoms with Gasteiger partial charge >= 0.3 is 5.97 Å². The number of aromatic carboxylic acids is 1. The molecule has 0 saturated heterocycles. The van der Waals surface area contributed by atoms with Crippen molar-refractivity contribution in [2.75, 3.05) is 6.61 Å². The first kappa shape index (κ1) is 20.4. The van der Waals surface area contributed by atoms with Gasteiger partial charge in [0.2, 0.25) is 0 Å². The Labute approximate surface area is 158 Å². The summed E-state index contributed by atoms with van der Waals surface area (Å²) in [6, 6.07) is 9.37. The molecule has 0 saturated carbocycles. The molecule has 2 aromatic carbocycles. The van der Waals surface area contributed by atoms with Crippen LogP contribution in [0.25, 0.3) is 0 Å². The Morgan fingerprint density at radius 2 is 1.56 bits per heavy atom. The smallest absolute Gasteiger partial charge is 0.339 e. The lowest BCUT2D eigenvalue weighted by Crippen LogP contribution is -2.01. The van der Waals surface area contributed by atoms with Gasteiger partial charge in [0.15, 0.2) is 23.0 Å². The van der Waals surface area contributed by atoms with Crippen LogP contribution in [0.4, 0.5) is 0 Å². The van der Waals surface area contributed by atoms with E-state index < -0.39 is 5.97 Å². The van der Waals surface area contributed by atoms with Crippen molar-refractivity contribution in [2.45, 2.75) is 44.9 Å². The standard InChI is InChI=1S/C21H26O6/c22-17-12-11-15(14-18(17)23)8-5-3-1-2-4-6-13-27-19-10-7-9-16(20(19)24)21(25)26/h7,9-12,14,22-24H,1-6,8,13H2,(H,25,26). The van der Waals surface area contributed by atoms with Crippen molar-refractivity contribution in [1.82, 2.24) is 0 Å². The molecule has 0 atom stereocenters. The lowest BCUT2D eigenvalue weighted by atomic mass is 10.0. The number of carbonyl (C=O) groups is 1. The fraction of sp³-hybridized carbons (Fsp3) is 0.381. The number of carboxylic acid groups (broad SMARTS) is 1. The van der Waals surface area contributed by atoms with E-state index in [-0.39, 0.29) is 28.6 Å². The van der Waals surface area contributed by atoms with Gasteiger partial charge in [-0.3, -0.25) is 0 Å². The lowest BCUT2D eigenvalue weighted by molar-refractivity contribution is 0.0692. The molecule has 0 spiro atoms. The number of aromatic hydroxyl groups is 3. The summed E-state index contributed by atoms with van der Waals surface area (Å²) in [7, 11) is 0. The van der Waals surface area contributed by atoms with Crippen molar-refractivity contribution in [1.29, 1.82) is 0 Å². The van der Waals surface area contributed by atoms with Gasteiger partial charge in [-0.1, -0.05) is 37.8 Å². The highest BCUT2D eigenvalue weighted by molar-refractivity contribution is 5.91. The minimum absolute atomic E-state index is 0.0765. The van der Waals surface area contributed by atoms with Crippen LogP contribution in [0, 0.1) is 0 Å². The van der Waals surface area contributed by atoms with Crippen LogP contribution in [0.5, 0.6) is 23.0 Å². The maximum absolute atomic E-state index is 11.0. The molecule has 27 heavy (non-hydrogen) atoms. The first-order valence-electron chi connectivity index (χ1n) is 9.18. The van der Waals surface area contributed by atoms with E-state index >= 15 is 0 Å². The van der Waals surface area contributed by atoms with Crippen LogP contribution < -0.4 is 4.74 Å². The second-order valence-electron chi connectivity index (χ2n) is 6.50. The molecule has 0 aliphatic heterocycles. The molecule has 0 aliphatic rings. The first-order chi connectivity index (χ1) is 13.0. The van der Waals surface area contributed by atoms with Crippen LogP contribution >= 0.6 is 0 Å². The van der Waals surface area contributed by atoms with Gasteiger partial charge in [-0.05, 0) is 49.1 Å². The number of hydrogen-bond donors (Lipinski definition) is 4. The maximum Gasteiger partial charge on any atom is 0.339 e. The fourth-order valence-electron chi connectivity index (χ4n) is 2.86. The molecular weight excluding hydrogens is 348 g/mol. The Balaban J connectivity index is 1.56. The van der Waals surface area contributed by atoms with Crippen LogP contribution in [-0.4, -0.2) is 33.0 Å². The van der Waals surface area contributed by atoms with Gasteiger partial charge in [0, 0.05) is 0 Å². The molecule has 0 amide bonds. The number of benzene rings is 2. The summed E-state index contributed by atoms with van der Waals surface area (Å²) in [5, 5.41) is 37.6. The monoisotopic (exact) mass is 374 g/mol. The summed E-state index contributed by atoms with van der Waals surface area (Å²) in [6.07, 6.45) is 6.99. The molecule has 6 nitrogen and oxygen atoms in total. The van der Waals surface area contributed by atoms with E-state index in [4.69, 9.17) is 9.84 Å². The normalized spacial score (nSPS) is 10.7. The van der Waals surface area contributed by atoms with Gasteiger partial charge in [0.25, 0.3) is 0 Å². The van der Waals surface area contributed by atoms with Crippen LogP contribution in [0.15, 0.2) is 36.4 Å². The van der Waals surface area contributed by atoms with Crippen molar-refractivity contribution < 1.29 is 30.0 Å². The van der Waals surface area contributed by atoms with E-state index in [2.05, 4.69) is 0 Å². The van der Waals surface area contributed by atoms with E-state index in [1.807, 2.05) is 6.07 Å². The summed E-state index contributed by atoms with van der Waals surface area (Å²) in [4.78, 5) is 11.0. The molecular formula is C21H26O6. The molecule has 0 aliphatic carbocycles. The second-order valence-corrected chi connectivity index (χ2v) is 6.50. The number of ether oxygens (including phenoxy) is 1. The highest BCUT2D eigenvalue weighted by Gasteiger charge is 2.13. The zero-order valence-corrected chi connectivity index (χ0v) is 15.2. The molecule has 2 aromatic rings. The topological polar surface area (TPSA) is 107 Å². The van der Waals surface area contributed by atoms with Crippen molar-refractivity contribution in [3.8, 4) is 23.0 Å². The Kier molecular flexibility index (Phi) is 7.79. The number of phenols is 3. The quantitative estimate of drug-likeness (QED) is 0.342. The lowest BCUT2D eigenvalue weighted by Gasteiger charge is -2.09. The largest absolute Gasteiger partial charge is 0.504 e. The SMILES string of the molecule is O=C(O)c1cccc(OCCCCCCCCc2ccc(O)c(O)c2)c1O. The third-order valence-electron chi connectivity index (χ3n) is 4.39. The summed E-state index contributed by atoms with van der Waals surface area (Å²) in [5.74, 6) is -1.48. The number of hydrogen-bond acceptors (Lipinski definition) is 5. The van der Waals surface area contributed by atoms with Gasteiger partial charge in [0.1, 0.15) is 5.56 Å². The van der Waals surface area contributed by atoms with Crippen molar-refractivity contribution >= 4 is 5.97 Å². The number of para-hydroxylation sites is 1. The third kappa shape index (κ3) is 6.40. The second kappa shape index (κ2) is 10.3. The summed E-state index contributed by atoms with van der Waals surface area (Å²) < 4.78 is 5.48. The predicted octanol–water partition coefficient (Wildman–Crippen LogP) is 4.46. The highest BCUT2D eigenvalue weighted by atomic mass is 16.5. The number of aryl methyl sites for hydroxylation is 1. The minimum Gasteiger partial charge on any atom is -0.504 e. The Bertz CT molecular complexity index is 756. The predicted molar refractivity (Wildman–Crippen MR) is 102 cm³/mol. The maximum atomic E-state index is 11.0. The highest BCUT2D eigenvalue weighted by Crippen LogP contribution is 2.30. The molecule has 146 valence electrons. The number of carboxylic acids is 1. The van der Waals surface area contributed by atoms with Gasteiger partial charge in [0.05, 0.1) is 6.61 Å². The average molecular weight is 374 g/mol. The molecule has 0 fully saturated rings. The molecule has 0 unspecified atom stereocenters. The first-order valence-corrected chi connectivity index (χ1v) is 9.18. The van der Waals surface area contributed by atoms with Crippen molar-refractivity contribution in [2.24, 2.45) is 0 Å². The Morgan fingerprint density at radius 1 is 0.852 bits per heavy atom. The molecule has 0 aromatic heterocycles. The van der Waals surface area contributed by atoms with Crippen LogP contribution in [0.3, 0.4) is 0 Å². The zero-order chi connectivity index (χ0) is 19.6. The summed E-state index contributed by atoms with van der Waals surface area (Å²) in [6.45, 7) is 0.434. The minimum atomic E-state index is -1.18. The Morgan fingerprint density at radius 3 is 2.26 bits per heavy atom. The van der Waals surface area contributed by atoms with Crippen LogP contribution in [-0.2, 0) is 6.42 Å². The Hall–Kier alpha value is -2.89. The van der Waals surface area contributed by atoms with E-state index in [0.29, 0.717) is 6.61 Å². The zero-order valence-electron chi connectivity index (χ0n) is 15.2. The fourth-order valence-corrected chi connectivity index (χ4v) is 2.86. The van der Waals surface area contributed by atoms with Crippen molar-refractivity contribution in [3.63, 3.8) is 0 Å². The molecule has 6 heteroatoms. The van der Waals surface area contributed by atoms with E-state index in [1.54, 1.807) is 18.2 Å². The number of unbranched alkanes of at least 4 members (excludes halogenated alkanes) is 5. The van der Waals surface area contributed by atoms with E-state index in [1.165, 1.54) is 12.1 Å². The van der Waals surface area contributed by atoms with Crippen molar-refractivity contribution in [3.05, 3.63) is 47.5 Å². The number of phenolic OH excluding ortho intramolecular Hbond substituents is 2. The summed E-state index contributed by atoms with van der Waals surface area (Å²) in [5.41, 5.74) is 0.858. The molecule has 2 rings (SSSR count). The van der Waals surface area contributed by atoms with Crippen LogP contribution in [0.2, 0.25) is 0 Å². The van der Waals surface area contributed by atoms with Crippen LogP contribution in [0.1, 0.15) is 54.4 Å². The molecule has 0 bridgehead atoms. The molecule has 0 radical (unpaired) electrons. The third-order valence-corrected chi connectivity index (χ3v) is 4.39. The van der Waals surface area contributed by atoms with E-state index in [9.17, 15) is 20.1 Å². The van der Waals surface area contributed by atoms with Gasteiger partial charge in [-0.15, -0.1) is 0 Å². The van der Waals surface area contributed by atoms with Gasteiger partial charge in [-0.25, -0.2) is 4.79 Å².